The lowest BCUT2D eigenvalue weighted by atomic mass is 9.93. The summed E-state index contributed by atoms with van der Waals surface area (Å²) in [4.78, 5) is 25.3. The van der Waals surface area contributed by atoms with E-state index >= 15 is 0 Å². The first-order valence-electron chi connectivity index (χ1n) is 9.11. The molecule has 28 heavy (non-hydrogen) atoms. The number of aromatic nitrogens is 2. The Hall–Kier alpha value is -2.58. The lowest BCUT2D eigenvalue weighted by Gasteiger charge is -2.20. The Morgan fingerprint density at radius 2 is 2.25 bits per heavy atom. The number of amides is 2. The van der Waals surface area contributed by atoms with E-state index in [2.05, 4.69) is 5.10 Å². The minimum absolute atomic E-state index is 0.0313. The molecule has 2 aliphatic rings. The second-order valence-corrected chi connectivity index (χ2v) is 7.67. The van der Waals surface area contributed by atoms with Gasteiger partial charge in [-0.1, -0.05) is 17.7 Å². The molecular formula is C19H21ClN4O4. The maximum atomic E-state index is 12.2. The molecule has 2 amide bonds. The lowest BCUT2D eigenvalue weighted by molar-refractivity contribution is -0.142. The van der Waals surface area contributed by atoms with Crippen molar-refractivity contribution in [1.82, 2.24) is 14.7 Å². The van der Waals surface area contributed by atoms with Crippen molar-refractivity contribution in [2.75, 3.05) is 20.2 Å². The smallest absolute Gasteiger partial charge is 0.270 e. The van der Waals surface area contributed by atoms with Crippen LogP contribution in [-0.2, 0) is 17.6 Å². The number of aryl methyl sites for hydroxylation is 1. The third-order valence-corrected chi connectivity index (χ3v) is 5.83. The average molecular weight is 405 g/mol. The molecule has 1 aromatic heterocycles. The number of nitrogens with zero attached hydrogens (tertiary/aromatic N) is 3. The van der Waals surface area contributed by atoms with Crippen molar-refractivity contribution in [1.29, 1.82) is 0 Å². The Bertz CT molecular complexity index is 973. The SMILES string of the molecule is CN1CC[C@@](O)(CCc2ccc3c(c2)-n2nc(C(N)=O)c(Cl)c2CCO3)C1=O. The van der Waals surface area contributed by atoms with E-state index in [-0.39, 0.29) is 16.6 Å². The van der Waals surface area contributed by atoms with Gasteiger partial charge in [-0.15, -0.1) is 0 Å². The predicted octanol–water partition coefficient (Wildman–Crippen LogP) is 1.09. The molecular weight excluding hydrogens is 384 g/mol. The molecule has 8 nitrogen and oxygen atoms in total. The highest BCUT2D eigenvalue weighted by molar-refractivity contribution is 6.34. The summed E-state index contributed by atoms with van der Waals surface area (Å²) in [6, 6.07) is 5.60. The van der Waals surface area contributed by atoms with Crippen LogP contribution in [0.3, 0.4) is 0 Å². The number of hydrogen-bond acceptors (Lipinski definition) is 5. The summed E-state index contributed by atoms with van der Waals surface area (Å²) in [6.07, 6.45) is 1.76. The van der Waals surface area contributed by atoms with Gasteiger partial charge in [0.2, 0.25) is 0 Å². The van der Waals surface area contributed by atoms with Crippen LogP contribution in [0.5, 0.6) is 5.75 Å². The molecule has 0 aliphatic carbocycles. The maximum Gasteiger partial charge on any atom is 0.270 e. The topological polar surface area (TPSA) is 111 Å². The number of primary amides is 1. The summed E-state index contributed by atoms with van der Waals surface area (Å²) < 4.78 is 7.38. The highest BCUT2D eigenvalue weighted by Gasteiger charge is 2.43. The molecule has 3 heterocycles. The number of benzene rings is 1. The first kappa shape index (κ1) is 18.8. The van der Waals surface area contributed by atoms with Crippen molar-refractivity contribution in [3.05, 3.63) is 40.2 Å². The number of rotatable bonds is 4. The number of halogens is 1. The van der Waals surface area contributed by atoms with Crippen LogP contribution in [0, 0.1) is 0 Å². The summed E-state index contributed by atoms with van der Waals surface area (Å²) in [5.74, 6) is -0.304. The second-order valence-electron chi connectivity index (χ2n) is 7.29. The highest BCUT2D eigenvalue weighted by atomic mass is 35.5. The van der Waals surface area contributed by atoms with Gasteiger partial charge in [-0.05, 0) is 30.5 Å². The Kier molecular flexibility index (Phi) is 4.55. The fourth-order valence-electron chi connectivity index (χ4n) is 3.77. The molecule has 1 fully saturated rings. The molecule has 1 saturated heterocycles. The Morgan fingerprint density at radius 1 is 1.46 bits per heavy atom. The van der Waals surface area contributed by atoms with Crippen LogP contribution in [-0.4, -0.2) is 57.4 Å². The van der Waals surface area contributed by atoms with Crippen LogP contribution in [0.15, 0.2) is 18.2 Å². The second kappa shape index (κ2) is 6.79. The molecule has 0 bridgehead atoms. The largest absolute Gasteiger partial charge is 0.491 e. The summed E-state index contributed by atoms with van der Waals surface area (Å²) in [6.45, 7) is 0.953. The highest BCUT2D eigenvalue weighted by Crippen LogP contribution is 2.34. The van der Waals surface area contributed by atoms with Crippen molar-refractivity contribution >= 4 is 23.4 Å². The van der Waals surface area contributed by atoms with Crippen LogP contribution in [0.2, 0.25) is 5.02 Å². The van der Waals surface area contributed by atoms with E-state index in [4.69, 9.17) is 22.1 Å². The van der Waals surface area contributed by atoms with Crippen molar-refractivity contribution in [2.24, 2.45) is 5.73 Å². The lowest BCUT2D eigenvalue weighted by Crippen LogP contribution is -2.38. The van der Waals surface area contributed by atoms with Gasteiger partial charge in [0.15, 0.2) is 5.69 Å². The van der Waals surface area contributed by atoms with Crippen molar-refractivity contribution in [2.45, 2.75) is 31.3 Å². The third kappa shape index (κ3) is 3.02. The maximum absolute atomic E-state index is 12.2. The minimum atomic E-state index is -1.32. The number of hydrogen-bond donors (Lipinski definition) is 2. The molecule has 0 spiro atoms. The van der Waals surface area contributed by atoms with Gasteiger partial charge in [0, 0.05) is 26.4 Å². The van der Waals surface area contributed by atoms with Gasteiger partial charge in [0.25, 0.3) is 11.8 Å². The fourth-order valence-corrected chi connectivity index (χ4v) is 4.07. The van der Waals surface area contributed by atoms with Gasteiger partial charge in [-0.25, -0.2) is 4.68 Å². The van der Waals surface area contributed by atoms with E-state index in [9.17, 15) is 14.7 Å². The average Bonchev–Trinajstić information content (AvgIpc) is 3.05. The monoisotopic (exact) mass is 404 g/mol. The van der Waals surface area contributed by atoms with Gasteiger partial charge in [0.1, 0.15) is 17.0 Å². The predicted molar refractivity (Wildman–Crippen MR) is 102 cm³/mol. The number of fused-ring (bicyclic) bond motifs is 3. The Morgan fingerprint density at radius 3 is 2.93 bits per heavy atom. The van der Waals surface area contributed by atoms with Gasteiger partial charge >= 0.3 is 0 Å². The van der Waals surface area contributed by atoms with Crippen molar-refractivity contribution < 1.29 is 19.4 Å². The molecule has 2 aromatic rings. The molecule has 1 atom stereocenters. The summed E-state index contributed by atoms with van der Waals surface area (Å²) in [5.41, 5.74) is 6.32. The van der Waals surface area contributed by atoms with Crippen molar-refractivity contribution in [3.63, 3.8) is 0 Å². The third-order valence-electron chi connectivity index (χ3n) is 5.43. The zero-order chi connectivity index (χ0) is 20.1. The molecule has 1 aromatic carbocycles. The fraction of sp³-hybridized carbons (Fsp3) is 0.421. The summed E-state index contributed by atoms with van der Waals surface area (Å²) >= 11 is 6.30. The summed E-state index contributed by atoms with van der Waals surface area (Å²) in [5, 5.41) is 15.2. The van der Waals surface area contributed by atoms with E-state index in [0.29, 0.717) is 56.0 Å². The number of carbonyl (C=O) groups is 2. The number of ether oxygens (including phenoxy) is 1. The van der Waals surface area contributed by atoms with E-state index in [1.54, 1.807) is 16.6 Å². The van der Waals surface area contributed by atoms with Crippen LogP contribution in [0.1, 0.15) is 34.6 Å². The number of likely N-dealkylation sites (N-methyl/N-ethyl adjacent to an activating group) is 1. The Balaban J connectivity index is 1.65. The minimum Gasteiger partial charge on any atom is -0.491 e. The van der Waals surface area contributed by atoms with Gasteiger partial charge in [-0.3, -0.25) is 9.59 Å². The zero-order valence-corrected chi connectivity index (χ0v) is 16.2. The zero-order valence-electron chi connectivity index (χ0n) is 15.4. The molecule has 4 rings (SSSR count). The van der Waals surface area contributed by atoms with Gasteiger partial charge in [0.05, 0.1) is 17.3 Å². The molecule has 9 heteroatoms. The van der Waals surface area contributed by atoms with E-state index in [1.165, 1.54) is 0 Å². The molecule has 0 radical (unpaired) electrons. The van der Waals surface area contributed by atoms with Gasteiger partial charge < -0.3 is 20.5 Å². The molecule has 148 valence electrons. The van der Waals surface area contributed by atoms with E-state index in [0.717, 1.165) is 5.56 Å². The number of aliphatic hydroxyl groups is 1. The van der Waals surface area contributed by atoms with Crippen LogP contribution in [0.25, 0.3) is 5.69 Å². The number of carbonyl (C=O) groups excluding carboxylic acids is 2. The van der Waals surface area contributed by atoms with Crippen LogP contribution < -0.4 is 10.5 Å². The van der Waals surface area contributed by atoms with Crippen LogP contribution >= 0.6 is 11.6 Å². The van der Waals surface area contributed by atoms with Crippen LogP contribution in [0.4, 0.5) is 0 Å². The van der Waals surface area contributed by atoms with Crippen molar-refractivity contribution in [3.8, 4) is 11.4 Å². The molecule has 3 N–H and O–H groups in total. The first-order chi connectivity index (χ1) is 13.3. The van der Waals surface area contributed by atoms with Gasteiger partial charge in [-0.2, -0.15) is 5.10 Å². The number of nitrogens with two attached hydrogens (primary N) is 1. The quantitative estimate of drug-likeness (QED) is 0.792. The first-order valence-corrected chi connectivity index (χ1v) is 9.49. The van der Waals surface area contributed by atoms with E-state index < -0.39 is 11.5 Å². The van der Waals surface area contributed by atoms with E-state index in [1.807, 2.05) is 18.2 Å². The Labute approximate surface area is 166 Å². The molecule has 0 saturated carbocycles. The number of likely N-dealkylation sites (tertiary alicyclic amines) is 1. The molecule has 2 aliphatic heterocycles. The standard InChI is InChI=1S/C19H21ClN4O4/c1-23-8-7-19(27,18(23)26)6-4-11-2-3-14-13(10-11)24-12(5-9-28-14)15(20)16(22-24)17(21)25/h2-3,10,27H,4-9H2,1H3,(H2,21,25)/t19-/m0/s1. The normalized spacial score (nSPS) is 21.1. The molecule has 0 unspecified atom stereocenters. The summed E-state index contributed by atoms with van der Waals surface area (Å²) in [7, 11) is 1.69.